The standard InChI is InChI=1S/C15H21N3O3/c1-21-12-6-4-5-11(9-12)13-7-2-3-8-18(13)14(19)10-17-15(16)20/h4-6,9,13H,2-3,7-8,10H2,1H3,(H3,16,17,20). The Morgan fingerprint density at radius 1 is 1.43 bits per heavy atom. The first kappa shape index (κ1) is 15.2. The third-order valence-corrected chi connectivity index (χ3v) is 3.72. The van der Waals surface area contributed by atoms with Crippen LogP contribution in [0.2, 0.25) is 0 Å². The van der Waals surface area contributed by atoms with Gasteiger partial charge >= 0.3 is 6.03 Å². The van der Waals surface area contributed by atoms with Crippen molar-refractivity contribution in [1.29, 1.82) is 0 Å². The van der Waals surface area contributed by atoms with Crippen molar-refractivity contribution in [2.45, 2.75) is 25.3 Å². The molecule has 1 heterocycles. The number of piperidine rings is 1. The molecule has 0 spiro atoms. The highest BCUT2D eigenvalue weighted by atomic mass is 16.5. The molecular formula is C15H21N3O3. The molecule has 2 rings (SSSR count). The molecule has 1 aromatic carbocycles. The lowest BCUT2D eigenvalue weighted by Gasteiger charge is -2.36. The highest BCUT2D eigenvalue weighted by Crippen LogP contribution is 2.32. The fourth-order valence-corrected chi connectivity index (χ4v) is 2.69. The molecule has 3 N–H and O–H groups in total. The molecule has 0 aliphatic carbocycles. The summed E-state index contributed by atoms with van der Waals surface area (Å²) in [6.07, 6.45) is 2.97. The molecular weight excluding hydrogens is 270 g/mol. The third-order valence-electron chi connectivity index (χ3n) is 3.72. The van der Waals surface area contributed by atoms with Crippen molar-refractivity contribution in [3.8, 4) is 5.75 Å². The van der Waals surface area contributed by atoms with E-state index < -0.39 is 6.03 Å². The molecule has 1 fully saturated rings. The number of carbonyl (C=O) groups excluding carboxylic acids is 2. The number of amides is 3. The summed E-state index contributed by atoms with van der Waals surface area (Å²) in [5.41, 5.74) is 6.07. The summed E-state index contributed by atoms with van der Waals surface area (Å²) in [7, 11) is 1.62. The van der Waals surface area contributed by atoms with E-state index in [1.54, 1.807) is 7.11 Å². The van der Waals surface area contributed by atoms with Crippen molar-refractivity contribution in [3.63, 3.8) is 0 Å². The second-order valence-corrected chi connectivity index (χ2v) is 5.09. The van der Waals surface area contributed by atoms with Gasteiger partial charge in [-0.05, 0) is 37.0 Å². The van der Waals surface area contributed by atoms with Gasteiger partial charge < -0.3 is 20.7 Å². The van der Waals surface area contributed by atoms with E-state index in [1.807, 2.05) is 29.2 Å². The number of nitrogens with one attached hydrogen (secondary N) is 1. The maximum absolute atomic E-state index is 12.3. The normalized spacial score (nSPS) is 18.1. The summed E-state index contributed by atoms with van der Waals surface area (Å²) in [5.74, 6) is 0.669. The first-order valence-electron chi connectivity index (χ1n) is 7.08. The Morgan fingerprint density at radius 3 is 2.95 bits per heavy atom. The number of hydrogen-bond donors (Lipinski definition) is 2. The van der Waals surface area contributed by atoms with Gasteiger partial charge in [0, 0.05) is 6.54 Å². The van der Waals surface area contributed by atoms with Gasteiger partial charge in [-0.3, -0.25) is 4.79 Å². The minimum Gasteiger partial charge on any atom is -0.497 e. The van der Waals surface area contributed by atoms with Crippen LogP contribution in [0, 0.1) is 0 Å². The Bertz CT molecular complexity index is 519. The number of ether oxygens (including phenoxy) is 1. The van der Waals surface area contributed by atoms with Gasteiger partial charge in [-0.25, -0.2) is 4.79 Å². The van der Waals surface area contributed by atoms with E-state index in [1.165, 1.54) is 0 Å². The summed E-state index contributed by atoms with van der Waals surface area (Å²) < 4.78 is 5.24. The SMILES string of the molecule is COc1cccc(C2CCCCN2C(=O)CNC(N)=O)c1. The average Bonchev–Trinajstić information content (AvgIpc) is 2.52. The molecule has 6 heteroatoms. The summed E-state index contributed by atoms with van der Waals surface area (Å²) >= 11 is 0. The molecule has 0 bridgehead atoms. The number of likely N-dealkylation sites (tertiary alicyclic amines) is 1. The van der Waals surface area contributed by atoms with Crippen LogP contribution < -0.4 is 15.8 Å². The molecule has 0 radical (unpaired) electrons. The minimum atomic E-state index is -0.682. The monoisotopic (exact) mass is 291 g/mol. The number of benzene rings is 1. The topological polar surface area (TPSA) is 84.7 Å². The van der Waals surface area contributed by atoms with Crippen molar-refractivity contribution < 1.29 is 14.3 Å². The zero-order valence-electron chi connectivity index (χ0n) is 12.2. The summed E-state index contributed by atoms with van der Waals surface area (Å²) in [4.78, 5) is 24.8. The van der Waals surface area contributed by atoms with Crippen molar-refractivity contribution in [2.75, 3.05) is 20.2 Å². The lowest BCUT2D eigenvalue weighted by molar-refractivity contribution is -0.133. The minimum absolute atomic E-state index is 0.0241. The number of hydrogen-bond acceptors (Lipinski definition) is 3. The Hall–Kier alpha value is -2.24. The summed E-state index contributed by atoms with van der Waals surface area (Å²) in [5, 5.41) is 2.36. The zero-order chi connectivity index (χ0) is 15.2. The molecule has 6 nitrogen and oxygen atoms in total. The molecule has 0 aromatic heterocycles. The second-order valence-electron chi connectivity index (χ2n) is 5.09. The van der Waals surface area contributed by atoms with Gasteiger partial charge in [-0.1, -0.05) is 12.1 Å². The number of urea groups is 1. The number of rotatable bonds is 4. The van der Waals surface area contributed by atoms with Gasteiger partial charge in [0.15, 0.2) is 0 Å². The lowest BCUT2D eigenvalue weighted by atomic mass is 9.95. The van der Waals surface area contributed by atoms with Crippen LogP contribution in [0.25, 0.3) is 0 Å². The van der Waals surface area contributed by atoms with E-state index >= 15 is 0 Å². The van der Waals surface area contributed by atoms with Gasteiger partial charge in [0.25, 0.3) is 0 Å². The molecule has 1 unspecified atom stereocenters. The number of carbonyl (C=O) groups is 2. The van der Waals surface area contributed by atoms with Crippen molar-refractivity contribution in [1.82, 2.24) is 10.2 Å². The first-order chi connectivity index (χ1) is 10.1. The lowest BCUT2D eigenvalue weighted by Crippen LogP contribution is -2.45. The second kappa shape index (κ2) is 6.97. The van der Waals surface area contributed by atoms with E-state index in [0.29, 0.717) is 6.54 Å². The van der Waals surface area contributed by atoms with Crippen LogP contribution in [0.1, 0.15) is 30.9 Å². The van der Waals surface area contributed by atoms with Gasteiger partial charge in [-0.15, -0.1) is 0 Å². The molecule has 21 heavy (non-hydrogen) atoms. The maximum atomic E-state index is 12.3. The Labute approximate surface area is 124 Å². The highest BCUT2D eigenvalue weighted by molar-refractivity contribution is 5.83. The van der Waals surface area contributed by atoms with Crippen LogP contribution >= 0.6 is 0 Å². The van der Waals surface area contributed by atoms with Crippen molar-refractivity contribution in [2.24, 2.45) is 5.73 Å². The quantitative estimate of drug-likeness (QED) is 0.879. The third kappa shape index (κ3) is 3.87. The van der Waals surface area contributed by atoms with E-state index in [2.05, 4.69) is 5.32 Å². The van der Waals surface area contributed by atoms with E-state index in [9.17, 15) is 9.59 Å². The summed E-state index contributed by atoms with van der Waals surface area (Å²) in [6, 6.07) is 7.10. The molecule has 114 valence electrons. The van der Waals surface area contributed by atoms with Gasteiger partial charge in [0.05, 0.1) is 19.7 Å². The van der Waals surface area contributed by atoms with Crippen LogP contribution in [0.15, 0.2) is 24.3 Å². The summed E-state index contributed by atoms with van der Waals surface area (Å²) in [6.45, 7) is 0.636. The van der Waals surface area contributed by atoms with Crippen LogP contribution in [-0.2, 0) is 4.79 Å². The molecule has 1 atom stereocenters. The Morgan fingerprint density at radius 2 is 2.24 bits per heavy atom. The van der Waals surface area contributed by atoms with Crippen molar-refractivity contribution >= 4 is 11.9 Å². The van der Waals surface area contributed by atoms with Crippen LogP contribution in [0.3, 0.4) is 0 Å². The van der Waals surface area contributed by atoms with Gasteiger partial charge in [-0.2, -0.15) is 0 Å². The molecule has 1 saturated heterocycles. The van der Waals surface area contributed by atoms with E-state index in [0.717, 1.165) is 30.6 Å². The highest BCUT2D eigenvalue weighted by Gasteiger charge is 2.28. The molecule has 1 aliphatic heterocycles. The molecule has 0 saturated carbocycles. The van der Waals surface area contributed by atoms with Gasteiger partial charge in [0.1, 0.15) is 5.75 Å². The van der Waals surface area contributed by atoms with Crippen molar-refractivity contribution in [3.05, 3.63) is 29.8 Å². The van der Waals surface area contributed by atoms with E-state index in [-0.39, 0.29) is 18.5 Å². The zero-order valence-corrected chi connectivity index (χ0v) is 12.2. The van der Waals surface area contributed by atoms with Crippen LogP contribution in [0.5, 0.6) is 5.75 Å². The first-order valence-corrected chi connectivity index (χ1v) is 7.08. The number of nitrogens with zero attached hydrogens (tertiary/aromatic N) is 1. The molecule has 1 aliphatic rings. The number of nitrogens with two attached hydrogens (primary N) is 1. The average molecular weight is 291 g/mol. The molecule has 1 aromatic rings. The van der Waals surface area contributed by atoms with Crippen LogP contribution in [0.4, 0.5) is 4.79 Å². The smallest absolute Gasteiger partial charge is 0.312 e. The predicted molar refractivity (Wildman–Crippen MR) is 78.9 cm³/mol. The number of primary amides is 1. The Kier molecular flexibility index (Phi) is 5.03. The maximum Gasteiger partial charge on any atom is 0.312 e. The predicted octanol–water partition coefficient (Wildman–Crippen LogP) is 1.42. The van der Waals surface area contributed by atoms with Crippen LogP contribution in [-0.4, -0.2) is 37.0 Å². The number of methoxy groups -OCH3 is 1. The largest absolute Gasteiger partial charge is 0.497 e. The molecule has 3 amide bonds. The van der Waals surface area contributed by atoms with E-state index in [4.69, 9.17) is 10.5 Å². The fourth-order valence-electron chi connectivity index (χ4n) is 2.69. The van der Waals surface area contributed by atoms with Gasteiger partial charge in [0.2, 0.25) is 5.91 Å². The Balaban J connectivity index is 2.14. The fraction of sp³-hybridized carbons (Fsp3) is 0.467.